The molecule has 3 heteroatoms. The molecule has 1 heterocycles. The van der Waals surface area contributed by atoms with E-state index in [4.69, 9.17) is 5.26 Å². The first kappa shape index (κ1) is 14.5. The minimum atomic E-state index is -0.359. The Balaban J connectivity index is 2.37. The first-order valence-corrected chi connectivity index (χ1v) is 6.88. The van der Waals surface area contributed by atoms with Crippen molar-refractivity contribution in [3.8, 4) is 6.07 Å². The Labute approximate surface area is 106 Å². The van der Waals surface area contributed by atoms with E-state index in [0.29, 0.717) is 12.1 Å². The van der Waals surface area contributed by atoms with Crippen LogP contribution in [0.5, 0.6) is 0 Å². The molecule has 0 radical (unpaired) electrons. The van der Waals surface area contributed by atoms with Gasteiger partial charge in [0.05, 0.1) is 6.07 Å². The van der Waals surface area contributed by atoms with E-state index in [-0.39, 0.29) is 5.54 Å². The fraction of sp³-hybridized carbons (Fsp3) is 0.929. The smallest absolute Gasteiger partial charge is 0.103 e. The molecule has 17 heavy (non-hydrogen) atoms. The third-order valence-electron chi connectivity index (χ3n) is 4.27. The molecule has 1 aliphatic heterocycles. The van der Waals surface area contributed by atoms with Gasteiger partial charge in [-0.05, 0) is 60.0 Å². The molecular formula is C14H27N3. The molecule has 0 bridgehead atoms. The van der Waals surface area contributed by atoms with Crippen molar-refractivity contribution in [3.63, 3.8) is 0 Å². The molecule has 1 fully saturated rings. The van der Waals surface area contributed by atoms with Crippen LogP contribution in [0, 0.1) is 11.3 Å². The summed E-state index contributed by atoms with van der Waals surface area (Å²) in [7, 11) is 1.87. The summed E-state index contributed by atoms with van der Waals surface area (Å²) in [5.74, 6) is 0. The van der Waals surface area contributed by atoms with E-state index in [1.165, 1.54) is 19.3 Å². The van der Waals surface area contributed by atoms with E-state index in [0.717, 1.165) is 19.4 Å². The second-order valence-corrected chi connectivity index (χ2v) is 5.66. The van der Waals surface area contributed by atoms with Gasteiger partial charge in [-0.2, -0.15) is 5.26 Å². The summed E-state index contributed by atoms with van der Waals surface area (Å²) in [6.07, 6.45) is 6.04. The second-order valence-electron chi connectivity index (χ2n) is 5.66. The van der Waals surface area contributed by atoms with E-state index in [1.807, 2.05) is 14.0 Å². The molecule has 0 aliphatic carbocycles. The maximum Gasteiger partial charge on any atom is 0.103 e. The fourth-order valence-electron chi connectivity index (χ4n) is 2.77. The Hall–Kier alpha value is -0.590. The molecule has 1 aliphatic rings. The molecule has 1 saturated heterocycles. The first-order valence-electron chi connectivity index (χ1n) is 6.88. The molecule has 0 amide bonds. The van der Waals surface area contributed by atoms with Gasteiger partial charge in [-0.25, -0.2) is 0 Å². The highest BCUT2D eigenvalue weighted by molar-refractivity contribution is 5.02. The maximum atomic E-state index is 9.10. The molecule has 1 N–H and O–H groups in total. The van der Waals surface area contributed by atoms with Gasteiger partial charge in [0.25, 0.3) is 0 Å². The molecule has 98 valence electrons. The summed E-state index contributed by atoms with van der Waals surface area (Å²) in [6, 6.07) is 3.78. The van der Waals surface area contributed by atoms with Crippen molar-refractivity contribution >= 4 is 0 Å². The molecule has 0 aromatic heterocycles. The van der Waals surface area contributed by atoms with E-state index in [9.17, 15) is 0 Å². The van der Waals surface area contributed by atoms with Crippen molar-refractivity contribution in [1.82, 2.24) is 10.2 Å². The Morgan fingerprint density at radius 1 is 1.35 bits per heavy atom. The number of hydrogen-bond donors (Lipinski definition) is 1. The Kier molecular flexibility index (Phi) is 5.42. The predicted molar refractivity (Wildman–Crippen MR) is 71.8 cm³/mol. The monoisotopic (exact) mass is 237 g/mol. The molecule has 0 aromatic carbocycles. The SMILES string of the molecule is CNC(C)(C#N)CCCN1C(C)CCCC1C. The lowest BCUT2D eigenvalue weighted by Gasteiger charge is -2.39. The number of nitrogens with zero attached hydrogens (tertiary/aromatic N) is 2. The number of hydrogen-bond acceptors (Lipinski definition) is 3. The lowest BCUT2D eigenvalue weighted by molar-refractivity contribution is 0.0995. The average molecular weight is 237 g/mol. The van der Waals surface area contributed by atoms with Gasteiger partial charge in [0.15, 0.2) is 0 Å². The van der Waals surface area contributed by atoms with Crippen LogP contribution >= 0.6 is 0 Å². The summed E-state index contributed by atoms with van der Waals surface area (Å²) >= 11 is 0. The fourth-order valence-corrected chi connectivity index (χ4v) is 2.77. The number of nitriles is 1. The summed E-state index contributed by atoms with van der Waals surface area (Å²) < 4.78 is 0. The second kappa shape index (κ2) is 6.37. The molecule has 0 aromatic rings. The topological polar surface area (TPSA) is 39.1 Å². The Morgan fingerprint density at radius 3 is 2.41 bits per heavy atom. The zero-order chi connectivity index (χ0) is 12.9. The van der Waals surface area contributed by atoms with Crippen molar-refractivity contribution in [2.45, 2.75) is 70.5 Å². The molecular weight excluding hydrogens is 210 g/mol. The van der Waals surface area contributed by atoms with Crippen LogP contribution in [0.1, 0.15) is 52.9 Å². The highest BCUT2D eigenvalue weighted by atomic mass is 15.2. The van der Waals surface area contributed by atoms with Gasteiger partial charge in [-0.1, -0.05) is 6.42 Å². The van der Waals surface area contributed by atoms with Crippen molar-refractivity contribution in [1.29, 1.82) is 5.26 Å². The maximum absolute atomic E-state index is 9.10. The van der Waals surface area contributed by atoms with E-state index in [1.54, 1.807) is 0 Å². The van der Waals surface area contributed by atoms with Gasteiger partial charge in [0, 0.05) is 12.1 Å². The van der Waals surface area contributed by atoms with Crippen LogP contribution < -0.4 is 5.32 Å². The summed E-state index contributed by atoms with van der Waals surface area (Å²) in [5.41, 5.74) is -0.359. The summed E-state index contributed by atoms with van der Waals surface area (Å²) in [6.45, 7) is 7.77. The largest absolute Gasteiger partial charge is 0.303 e. The highest BCUT2D eigenvalue weighted by Gasteiger charge is 2.26. The van der Waals surface area contributed by atoms with Gasteiger partial charge < -0.3 is 5.32 Å². The number of rotatable bonds is 5. The lowest BCUT2D eigenvalue weighted by Crippen LogP contribution is -2.45. The van der Waals surface area contributed by atoms with Gasteiger partial charge >= 0.3 is 0 Å². The number of nitrogens with one attached hydrogen (secondary N) is 1. The zero-order valence-electron chi connectivity index (χ0n) is 11.8. The average Bonchev–Trinajstić information content (AvgIpc) is 2.32. The van der Waals surface area contributed by atoms with Gasteiger partial charge in [-0.3, -0.25) is 4.90 Å². The third-order valence-corrected chi connectivity index (χ3v) is 4.27. The highest BCUT2D eigenvalue weighted by Crippen LogP contribution is 2.23. The Bertz CT molecular complexity index is 261. The van der Waals surface area contributed by atoms with E-state index in [2.05, 4.69) is 30.1 Å². The van der Waals surface area contributed by atoms with Crippen LogP contribution in [0.3, 0.4) is 0 Å². The van der Waals surface area contributed by atoms with Crippen LogP contribution in [-0.2, 0) is 0 Å². The molecule has 3 atom stereocenters. The van der Waals surface area contributed by atoms with Crippen molar-refractivity contribution in [2.24, 2.45) is 0 Å². The van der Waals surface area contributed by atoms with Crippen LogP contribution in [-0.4, -0.2) is 36.1 Å². The van der Waals surface area contributed by atoms with E-state index < -0.39 is 0 Å². The minimum absolute atomic E-state index is 0.359. The standard InChI is InChI=1S/C14H27N3/c1-12-7-5-8-13(2)17(12)10-6-9-14(3,11-15)16-4/h12-13,16H,5-10H2,1-4H3. The van der Waals surface area contributed by atoms with Gasteiger partial charge in [-0.15, -0.1) is 0 Å². The van der Waals surface area contributed by atoms with Gasteiger partial charge in [0.2, 0.25) is 0 Å². The van der Waals surface area contributed by atoms with Crippen LogP contribution in [0.25, 0.3) is 0 Å². The summed E-state index contributed by atoms with van der Waals surface area (Å²) in [4.78, 5) is 2.61. The predicted octanol–water partition coefficient (Wildman–Crippen LogP) is 2.53. The lowest BCUT2D eigenvalue weighted by atomic mass is 9.94. The van der Waals surface area contributed by atoms with Crippen LogP contribution in [0.2, 0.25) is 0 Å². The summed E-state index contributed by atoms with van der Waals surface area (Å²) in [5, 5.41) is 12.2. The Morgan fingerprint density at radius 2 is 1.94 bits per heavy atom. The zero-order valence-corrected chi connectivity index (χ0v) is 11.8. The molecule has 0 saturated carbocycles. The first-order chi connectivity index (χ1) is 8.02. The number of piperidine rings is 1. The van der Waals surface area contributed by atoms with Gasteiger partial charge in [0.1, 0.15) is 5.54 Å². The van der Waals surface area contributed by atoms with Crippen molar-refractivity contribution in [2.75, 3.05) is 13.6 Å². The van der Waals surface area contributed by atoms with E-state index >= 15 is 0 Å². The van der Waals surface area contributed by atoms with Crippen LogP contribution in [0.4, 0.5) is 0 Å². The quantitative estimate of drug-likeness (QED) is 0.798. The van der Waals surface area contributed by atoms with Crippen LogP contribution in [0.15, 0.2) is 0 Å². The molecule has 3 nitrogen and oxygen atoms in total. The third kappa shape index (κ3) is 3.97. The normalized spacial score (nSPS) is 29.6. The number of likely N-dealkylation sites (tertiary alicyclic amines) is 1. The minimum Gasteiger partial charge on any atom is -0.303 e. The van der Waals surface area contributed by atoms with Crippen molar-refractivity contribution < 1.29 is 0 Å². The van der Waals surface area contributed by atoms with Crippen molar-refractivity contribution in [3.05, 3.63) is 0 Å². The molecule has 0 spiro atoms. The molecule has 1 rings (SSSR count). The molecule has 3 unspecified atom stereocenters.